The number of anilines is 1. The van der Waals surface area contributed by atoms with E-state index in [0.717, 1.165) is 0 Å². The number of carbonyl (C=O) groups excluding carboxylic acids is 1. The Kier molecular flexibility index (Phi) is 5.75. The van der Waals surface area contributed by atoms with Crippen LogP contribution in [0.4, 0.5) is 5.69 Å². The minimum Gasteiger partial charge on any atom is -0.375 e. The van der Waals surface area contributed by atoms with Crippen LogP contribution in [0.5, 0.6) is 0 Å². The number of carbonyl (C=O) groups is 1. The molecular formula is C15H15Cl2N3O3S. The van der Waals surface area contributed by atoms with Gasteiger partial charge in [0.05, 0.1) is 22.2 Å². The maximum Gasteiger partial charge on any atom is 0.267 e. The van der Waals surface area contributed by atoms with Crippen LogP contribution in [-0.4, -0.2) is 43.8 Å². The first-order valence-corrected chi connectivity index (χ1v) is 9.60. The van der Waals surface area contributed by atoms with Crippen LogP contribution in [0.2, 0.25) is 10.0 Å². The van der Waals surface area contributed by atoms with Crippen molar-refractivity contribution in [3.05, 3.63) is 40.0 Å². The van der Waals surface area contributed by atoms with Crippen molar-refractivity contribution in [2.75, 3.05) is 23.9 Å². The molecule has 9 heteroatoms. The minimum absolute atomic E-state index is 0.0172. The molecule has 0 bridgehead atoms. The predicted molar refractivity (Wildman–Crippen MR) is 93.6 cm³/mol. The van der Waals surface area contributed by atoms with E-state index in [1.807, 2.05) is 6.07 Å². The number of nitrogens with one attached hydrogen (secondary N) is 1. The number of hydrogen-bond donors (Lipinski definition) is 1. The molecule has 2 rings (SSSR count). The maximum absolute atomic E-state index is 12.2. The maximum atomic E-state index is 12.2. The smallest absolute Gasteiger partial charge is 0.267 e. The minimum atomic E-state index is -3.05. The molecule has 6 nitrogen and oxygen atoms in total. The van der Waals surface area contributed by atoms with Gasteiger partial charge in [0.2, 0.25) is 0 Å². The molecule has 0 spiro atoms. The number of benzene rings is 1. The van der Waals surface area contributed by atoms with Crippen LogP contribution in [-0.2, 0) is 14.6 Å². The molecule has 1 unspecified atom stereocenters. The van der Waals surface area contributed by atoms with Crippen molar-refractivity contribution in [2.24, 2.45) is 0 Å². The highest BCUT2D eigenvalue weighted by Gasteiger charge is 2.30. The second kappa shape index (κ2) is 7.43. The molecule has 0 radical (unpaired) electrons. The molecule has 1 aromatic carbocycles. The third kappa shape index (κ3) is 4.63. The Balaban J connectivity index is 2.12. The molecule has 1 aliphatic rings. The van der Waals surface area contributed by atoms with Gasteiger partial charge < -0.3 is 10.2 Å². The number of rotatable bonds is 4. The van der Waals surface area contributed by atoms with Crippen LogP contribution in [0.1, 0.15) is 6.42 Å². The van der Waals surface area contributed by atoms with E-state index in [0.29, 0.717) is 17.1 Å². The summed E-state index contributed by atoms with van der Waals surface area (Å²) < 4.78 is 23.0. The van der Waals surface area contributed by atoms with Gasteiger partial charge in [-0.25, -0.2) is 8.42 Å². The van der Waals surface area contributed by atoms with Gasteiger partial charge in [-0.3, -0.25) is 4.79 Å². The lowest BCUT2D eigenvalue weighted by Gasteiger charge is -2.21. The molecule has 1 heterocycles. The van der Waals surface area contributed by atoms with Gasteiger partial charge in [0.25, 0.3) is 5.91 Å². The van der Waals surface area contributed by atoms with E-state index in [2.05, 4.69) is 5.32 Å². The van der Waals surface area contributed by atoms with Gasteiger partial charge in [-0.15, -0.1) is 0 Å². The zero-order chi connectivity index (χ0) is 17.9. The second-order valence-electron chi connectivity index (χ2n) is 5.46. The van der Waals surface area contributed by atoms with Crippen LogP contribution in [0.15, 0.2) is 30.0 Å². The van der Waals surface area contributed by atoms with Gasteiger partial charge in [-0.1, -0.05) is 23.2 Å². The SMILES string of the molecule is CN(/C=C(/C#N)C(=O)Nc1ccc(Cl)cc1Cl)C1CCS(=O)(=O)C1. The molecule has 1 saturated heterocycles. The van der Waals surface area contributed by atoms with Crippen molar-refractivity contribution in [1.29, 1.82) is 5.26 Å². The summed E-state index contributed by atoms with van der Waals surface area (Å²) in [4.78, 5) is 13.8. The Bertz CT molecular complexity index is 831. The molecule has 1 aromatic rings. The summed E-state index contributed by atoms with van der Waals surface area (Å²) in [6.07, 6.45) is 1.82. The molecule has 1 N–H and O–H groups in total. The van der Waals surface area contributed by atoms with Crippen molar-refractivity contribution in [2.45, 2.75) is 12.5 Å². The van der Waals surface area contributed by atoms with Crippen LogP contribution < -0.4 is 5.32 Å². The summed E-state index contributed by atoms with van der Waals surface area (Å²) in [6.45, 7) is 0. The zero-order valence-corrected chi connectivity index (χ0v) is 15.1. The van der Waals surface area contributed by atoms with Gasteiger partial charge in [-0.2, -0.15) is 5.26 Å². The van der Waals surface area contributed by atoms with Gasteiger partial charge in [0.1, 0.15) is 11.6 Å². The Morgan fingerprint density at radius 2 is 2.17 bits per heavy atom. The predicted octanol–water partition coefficient (Wildman–Crippen LogP) is 2.46. The fourth-order valence-corrected chi connectivity index (χ4v) is 4.57. The lowest BCUT2D eigenvalue weighted by molar-refractivity contribution is -0.112. The normalized spacial score (nSPS) is 19.6. The molecule has 0 aromatic heterocycles. The summed E-state index contributed by atoms with van der Waals surface area (Å²) in [5.41, 5.74) is 0.186. The van der Waals surface area contributed by atoms with Crippen molar-refractivity contribution < 1.29 is 13.2 Å². The van der Waals surface area contributed by atoms with E-state index in [9.17, 15) is 18.5 Å². The second-order valence-corrected chi connectivity index (χ2v) is 8.53. The average Bonchev–Trinajstić information content (AvgIpc) is 2.87. The van der Waals surface area contributed by atoms with E-state index in [1.165, 1.54) is 18.3 Å². The third-order valence-corrected chi connectivity index (χ3v) is 5.96. The van der Waals surface area contributed by atoms with Gasteiger partial charge >= 0.3 is 0 Å². The molecule has 1 atom stereocenters. The molecule has 0 saturated carbocycles. The summed E-state index contributed by atoms with van der Waals surface area (Å²) >= 11 is 11.8. The molecular weight excluding hydrogens is 373 g/mol. The highest BCUT2D eigenvalue weighted by molar-refractivity contribution is 7.91. The highest BCUT2D eigenvalue weighted by Crippen LogP contribution is 2.26. The Hall–Kier alpha value is -1.75. The number of sulfone groups is 1. The van der Waals surface area contributed by atoms with Gasteiger partial charge in [0, 0.05) is 24.3 Å². The van der Waals surface area contributed by atoms with Crippen molar-refractivity contribution in [3.8, 4) is 6.07 Å². The molecule has 1 aliphatic heterocycles. The number of hydrogen-bond acceptors (Lipinski definition) is 5. The van der Waals surface area contributed by atoms with Gasteiger partial charge in [-0.05, 0) is 24.6 Å². The number of nitrogens with zero attached hydrogens (tertiary/aromatic N) is 2. The molecule has 128 valence electrons. The van der Waals surface area contributed by atoms with E-state index in [1.54, 1.807) is 18.0 Å². The zero-order valence-electron chi connectivity index (χ0n) is 12.8. The first-order valence-electron chi connectivity index (χ1n) is 7.02. The van der Waals surface area contributed by atoms with E-state index < -0.39 is 15.7 Å². The summed E-state index contributed by atoms with van der Waals surface area (Å²) in [7, 11) is -1.40. The molecule has 1 fully saturated rings. The third-order valence-electron chi connectivity index (χ3n) is 3.66. The number of nitriles is 1. The van der Waals surface area contributed by atoms with Crippen molar-refractivity contribution in [1.82, 2.24) is 4.90 Å². The highest BCUT2D eigenvalue weighted by atomic mass is 35.5. The van der Waals surface area contributed by atoms with Crippen molar-refractivity contribution >= 4 is 44.6 Å². The molecule has 24 heavy (non-hydrogen) atoms. The molecule has 1 amide bonds. The fraction of sp³-hybridized carbons (Fsp3) is 0.333. The standard InChI is InChI=1S/C15H15Cl2N3O3S/c1-20(12-4-5-24(22,23)9-12)8-10(7-18)15(21)19-14-3-2-11(16)6-13(14)17/h2-3,6,8,12H,4-5,9H2,1H3,(H,19,21)/b10-8-. The summed E-state index contributed by atoms with van der Waals surface area (Å²) in [6, 6.07) is 6.14. The van der Waals surface area contributed by atoms with E-state index in [4.69, 9.17) is 23.2 Å². The summed E-state index contributed by atoms with van der Waals surface area (Å²) in [5.74, 6) is -0.498. The van der Waals surface area contributed by atoms with Crippen LogP contribution in [0.25, 0.3) is 0 Å². The van der Waals surface area contributed by atoms with E-state index >= 15 is 0 Å². The Morgan fingerprint density at radius 1 is 1.46 bits per heavy atom. The Morgan fingerprint density at radius 3 is 2.71 bits per heavy atom. The topological polar surface area (TPSA) is 90.3 Å². The average molecular weight is 388 g/mol. The van der Waals surface area contributed by atoms with Crippen LogP contribution >= 0.6 is 23.2 Å². The van der Waals surface area contributed by atoms with Crippen molar-refractivity contribution in [3.63, 3.8) is 0 Å². The summed E-state index contributed by atoms with van der Waals surface area (Å²) in [5, 5.41) is 12.4. The number of halogens is 2. The quantitative estimate of drug-likeness (QED) is 0.632. The lowest BCUT2D eigenvalue weighted by atomic mass is 10.2. The first-order chi connectivity index (χ1) is 11.2. The number of amides is 1. The lowest BCUT2D eigenvalue weighted by Crippen LogP contribution is -2.29. The van der Waals surface area contributed by atoms with E-state index in [-0.39, 0.29) is 28.1 Å². The van der Waals surface area contributed by atoms with Crippen LogP contribution in [0, 0.1) is 11.3 Å². The largest absolute Gasteiger partial charge is 0.375 e. The monoisotopic (exact) mass is 387 g/mol. The first kappa shape index (κ1) is 18.6. The van der Waals surface area contributed by atoms with Gasteiger partial charge in [0.15, 0.2) is 9.84 Å². The molecule has 0 aliphatic carbocycles. The fourth-order valence-electron chi connectivity index (χ4n) is 2.32. The van der Waals surface area contributed by atoms with Crippen LogP contribution in [0.3, 0.4) is 0 Å². The Labute approximate surface area is 150 Å².